The van der Waals surface area contributed by atoms with Gasteiger partial charge in [-0.25, -0.2) is 9.59 Å². The first kappa shape index (κ1) is 18.7. The second kappa shape index (κ2) is 7.08. The summed E-state index contributed by atoms with van der Waals surface area (Å²) in [6.07, 6.45) is -0.468. The molecule has 0 aliphatic carbocycles. The summed E-state index contributed by atoms with van der Waals surface area (Å²) in [6, 6.07) is 3.56. The molecule has 1 heterocycles. The van der Waals surface area contributed by atoms with E-state index in [0.717, 1.165) is 5.56 Å². The number of fused-ring (bicyclic) bond motifs is 1. The lowest BCUT2D eigenvalue weighted by Crippen LogP contribution is -2.50. The van der Waals surface area contributed by atoms with Gasteiger partial charge in [-0.05, 0) is 38.8 Å². The predicted molar refractivity (Wildman–Crippen MR) is 89.0 cm³/mol. The Balaban J connectivity index is 2.35. The van der Waals surface area contributed by atoms with E-state index in [-0.39, 0.29) is 25.3 Å². The minimum Gasteiger partial charge on any atom is -0.464 e. The number of nitro groups is 1. The summed E-state index contributed by atoms with van der Waals surface area (Å²) in [5.41, 5.74) is 0.655. The summed E-state index contributed by atoms with van der Waals surface area (Å²) in [5.74, 6) is -0.550. The Hall–Kier alpha value is -2.64. The Morgan fingerprint density at radius 3 is 2.56 bits per heavy atom. The highest BCUT2D eigenvalue weighted by Gasteiger charge is 2.38. The molecule has 0 fully saturated rings. The zero-order valence-corrected chi connectivity index (χ0v) is 14.8. The van der Waals surface area contributed by atoms with Gasteiger partial charge in [-0.2, -0.15) is 0 Å². The van der Waals surface area contributed by atoms with Crippen LogP contribution in [0.2, 0.25) is 0 Å². The molecule has 1 aliphatic heterocycles. The van der Waals surface area contributed by atoms with Gasteiger partial charge < -0.3 is 9.47 Å². The van der Waals surface area contributed by atoms with Crippen LogP contribution in [0.15, 0.2) is 18.2 Å². The fourth-order valence-electron chi connectivity index (χ4n) is 2.64. The second-order valence-corrected chi connectivity index (χ2v) is 6.79. The van der Waals surface area contributed by atoms with E-state index in [4.69, 9.17) is 9.47 Å². The topological polar surface area (TPSA) is 99.0 Å². The predicted octanol–water partition coefficient (Wildman–Crippen LogP) is 2.82. The zero-order valence-electron chi connectivity index (χ0n) is 14.8. The molecule has 1 aliphatic rings. The quantitative estimate of drug-likeness (QED) is 0.472. The van der Waals surface area contributed by atoms with Gasteiger partial charge in [0, 0.05) is 18.6 Å². The van der Waals surface area contributed by atoms with Crippen molar-refractivity contribution in [1.29, 1.82) is 0 Å². The van der Waals surface area contributed by atoms with Crippen molar-refractivity contribution in [3.8, 4) is 0 Å². The molecule has 25 heavy (non-hydrogen) atoms. The number of hydrogen-bond acceptors (Lipinski definition) is 6. The highest BCUT2D eigenvalue weighted by atomic mass is 16.6. The van der Waals surface area contributed by atoms with Crippen LogP contribution in [-0.2, 0) is 27.2 Å². The number of benzene rings is 1. The van der Waals surface area contributed by atoms with Gasteiger partial charge in [-0.15, -0.1) is 0 Å². The van der Waals surface area contributed by atoms with E-state index in [1.54, 1.807) is 33.8 Å². The fraction of sp³-hybridized carbons (Fsp3) is 0.529. The molecule has 2 rings (SSSR count). The lowest BCUT2D eigenvalue weighted by atomic mass is 9.93. The molecule has 0 N–H and O–H groups in total. The van der Waals surface area contributed by atoms with E-state index in [0.29, 0.717) is 5.56 Å². The normalized spacial score (nSPS) is 16.8. The molecule has 1 atom stereocenters. The van der Waals surface area contributed by atoms with E-state index in [2.05, 4.69) is 0 Å². The Labute approximate surface area is 145 Å². The molecule has 0 bridgehead atoms. The van der Waals surface area contributed by atoms with E-state index in [1.165, 1.54) is 17.0 Å². The third-order valence-electron chi connectivity index (χ3n) is 3.72. The van der Waals surface area contributed by atoms with Crippen molar-refractivity contribution in [2.24, 2.45) is 0 Å². The van der Waals surface area contributed by atoms with Gasteiger partial charge in [0.1, 0.15) is 11.6 Å². The van der Waals surface area contributed by atoms with Crippen LogP contribution < -0.4 is 0 Å². The number of rotatable bonds is 3. The van der Waals surface area contributed by atoms with Crippen molar-refractivity contribution in [3.05, 3.63) is 39.4 Å². The number of non-ortho nitro benzene ring substituents is 1. The summed E-state index contributed by atoms with van der Waals surface area (Å²) in [6.45, 7) is 7.21. The minimum absolute atomic E-state index is 0.0490. The third-order valence-corrected chi connectivity index (χ3v) is 3.72. The van der Waals surface area contributed by atoms with Crippen LogP contribution in [0.3, 0.4) is 0 Å². The molecular weight excluding hydrogens is 328 g/mol. The molecule has 1 unspecified atom stereocenters. The molecule has 1 aromatic carbocycles. The smallest absolute Gasteiger partial charge is 0.411 e. The molecule has 8 heteroatoms. The van der Waals surface area contributed by atoms with Crippen LogP contribution in [0.5, 0.6) is 0 Å². The Bertz CT molecular complexity index is 695. The number of esters is 1. The van der Waals surface area contributed by atoms with Gasteiger partial charge in [-0.3, -0.25) is 15.0 Å². The van der Waals surface area contributed by atoms with E-state index in [1.807, 2.05) is 0 Å². The first-order valence-corrected chi connectivity index (χ1v) is 8.05. The number of ether oxygens (including phenoxy) is 2. The average molecular weight is 350 g/mol. The van der Waals surface area contributed by atoms with E-state index in [9.17, 15) is 19.7 Å². The lowest BCUT2D eigenvalue weighted by molar-refractivity contribution is -0.384. The van der Waals surface area contributed by atoms with Crippen LogP contribution in [0.25, 0.3) is 0 Å². The minimum atomic E-state index is -0.871. The fourth-order valence-corrected chi connectivity index (χ4v) is 2.64. The molecule has 0 aromatic heterocycles. The van der Waals surface area contributed by atoms with Crippen LogP contribution >= 0.6 is 0 Å². The lowest BCUT2D eigenvalue weighted by Gasteiger charge is -2.36. The number of carbonyl (C=O) groups is 2. The highest BCUT2D eigenvalue weighted by Crippen LogP contribution is 2.28. The summed E-state index contributed by atoms with van der Waals surface area (Å²) in [7, 11) is 0. The summed E-state index contributed by atoms with van der Waals surface area (Å²) in [4.78, 5) is 36.6. The van der Waals surface area contributed by atoms with Crippen molar-refractivity contribution in [2.45, 2.75) is 52.3 Å². The summed E-state index contributed by atoms with van der Waals surface area (Å²) >= 11 is 0. The van der Waals surface area contributed by atoms with Crippen LogP contribution in [0, 0.1) is 10.1 Å². The summed E-state index contributed by atoms with van der Waals surface area (Å²) in [5, 5.41) is 11.0. The third kappa shape index (κ3) is 4.46. The van der Waals surface area contributed by atoms with Gasteiger partial charge in [0.2, 0.25) is 0 Å². The number of carbonyl (C=O) groups excluding carboxylic acids is 2. The largest absolute Gasteiger partial charge is 0.464 e. The Morgan fingerprint density at radius 2 is 2.00 bits per heavy atom. The van der Waals surface area contributed by atoms with Crippen molar-refractivity contribution in [3.63, 3.8) is 0 Å². The number of nitro benzene ring substituents is 1. The van der Waals surface area contributed by atoms with Gasteiger partial charge in [0.05, 0.1) is 18.1 Å². The maximum Gasteiger partial charge on any atom is 0.411 e. The maximum atomic E-state index is 12.5. The van der Waals surface area contributed by atoms with Crippen molar-refractivity contribution >= 4 is 17.7 Å². The van der Waals surface area contributed by atoms with Crippen LogP contribution in [-0.4, -0.2) is 40.1 Å². The number of amides is 1. The molecule has 1 aromatic rings. The number of nitrogens with zero attached hydrogens (tertiary/aromatic N) is 2. The van der Waals surface area contributed by atoms with Crippen molar-refractivity contribution < 1.29 is 24.0 Å². The van der Waals surface area contributed by atoms with E-state index < -0.39 is 28.6 Å². The maximum absolute atomic E-state index is 12.5. The highest BCUT2D eigenvalue weighted by molar-refractivity contribution is 5.82. The molecule has 0 spiro atoms. The molecule has 0 radical (unpaired) electrons. The van der Waals surface area contributed by atoms with Crippen molar-refractivity contribution in [1.82, 2.24) is 4.90 Å². The van der Waals surface area contributed by atoms with Crippen LogP contribution in [0.4, 0.5) is 10.5 Å². The molecule has 8 nitrogen and oxygen atoms in total. The van der Waals surface area contributed by atoms with Crippen molar-refractivity contribution in [2.75, 3.05) is 6.61 Å². The van der Waals surface area contributed by atoms with E-state index >= 15 is 0 Å². The van der Waals surface area contributed by atoms with Gasteiger partial charge in [0.25, 0.3) is 5.69 Å². The van der Waals surface area contributed by atoms with Gasteiger partial charge in [0.15, 0.2) is 0 Å². The first-order valence-electron chi connectivity index (χ1n) is 8.05. The molecule has 1 amide bonds. The molecule has 0 saturated carbocycles. The summed E-state index contributed by atoms with van der Waals surface area (Å²) < 4.78 is 10.4. The standard InChI is InChI=1S/C17H22N2O6/c1-5-24-15(20)14-9-12-8-13(19(22)23)7-6-11(12)10-18(14)16(21)25-17(2,3)4/h6-8,14H,5,9-10H2,1-4H3. The zero-order chi connectivity index (χ0) is 18.8. The SMILES string of the molecule is CCOC(=O)C1Cc2cc([N+](=O)[O-])ccc2CN1C(=O)OC(C)(C)C. The molecule has 0 saturated heterocycles. The Morgan fingerprint density at radius 1 is 1.32 bits per heavy atom. The monoisotopic (exact) mass is 350 g/mol. The Kier molecular flexibility index (Phi) is 5.30. The molecule has 136 valence electrons. The first-order chi connectivity index (χ1) is 11.6. The van der Waals surface area contributed by atoms with Gasteiger partial charge in [-0.1, -0.05) is 6.07 Å². The average Bonchev–Trinajstić information content (AvgIpc) is 2.51. The van der Waals surface area contributed by atoms with Crippen LogP contribution in [0.1, 0.15) is 38.8 Å². The van der Waals surface area contributed by atoms with Gasteiger partial charge >= 0.3 is 12.1 Å². The molecular formula is C17H22N2O6. The second-order valence-electron chi connectivity index (χ2n) is 6.79. The number of hydrogen-bond donors (Lipinski definition) is 0.